The Morgan fingerprint density at radius 3 is 0.327 bits per heavy atom. The maximum absolute atomic E-state index is 5.12. The van der Waals surface area contributed by atoms with Gasteiger partial charge >= 0.3 is 102 Å². The third-order valence-electron chi connectivity index (χ3n) is 23.4. The van der Waals surface area contributed by atoms with Crippen LogP contribution in [0.5, 0.6) is 0 Å². The fourth-order valence-corrected chi connectivity index (χ4v) is 15.1. The van der Waals surface area contributed by atoms with Gasteiger partial charge < -0.3 is 111 Å². The molecule has 0 amide bonds. The molecule has 0 spiro atoms. The Bertz CT molecular complexity index is 4280. The minimum atomic E-state index is -0.417. The van der Waals surface area contributed by atoms with Crippen molar-refractivity contribution < 1.29 is 150 Å². The maximum Gasteiger partial charge on any atom is 2.00 e. The van der Waals surface area contributed by atoms with E-state index in [1.54, 1.807) is 0 Å². The van der Waals surface area contributed by atoms with Crippen LogP contribution < -0.4 is 0 Å². The second-order valence-corrected chi connectivity index (χ2v) is 36.3. The predicted octanol–water partition coefficient (Wildman–Crippen LogP) is 36.2. The monoisotopic (exact) mass is 2280 g/mol. The molecule has 10 fully saturated rings. The zero-order valence-corrected chi connectivity index (χ0v) is 93.9. The van der Waals surface area contributed by atoms with Crippen LogP contribution in [0.4, 0.5) is 102 Å². The van der Waals surface area contributed by atoms with Gasteiger partial charge in [0.25, 0.3) is 0 Å². The molecule has 22 nitrogen and oxygen atoms in total. The Labute approximate surface area is 960 Å². The standard InChI is InChI=1S/2C41H36N6.10C4H8O.6Fe/c2*1-41(29-42-35-23-11-14-26-38(35)45-32-17-5-2-6-18-32,30-43-36-24-12-15-27-39(36)46-33-19-7-3-8-20-33)31-44-37-25-13-16-28-40(37)47-34-21-9-4-10-22-34;10*1-2-4-5-3-1;;;;;;/h2*2-28H,29-31H2,1H3;10*1-4H2;;;;;;/q2*-6;;;;;;;;;;;6*+2. The summed E-state index contributed by atoms with van der Waals surface area (Å²) in [5.74, 6) is 0. The third kappa shape index (κ3) is 57.2. The number of hydrogen-bond donors (Lipinski definition) is 0. The van der Waals surface area contributed by atoms with Crippen molar-refractivity contribution in [3.05, 3.63) is 391 Å². The number of ether oxygens (including phenoxy) is 10. The van der Waals surface area contributed by atoms with Gasteiger partial charge in [-0.25, -0.2) is 0 Å². The van der Waals surface area contributed by atoms with Crippen LogP contribution in [0.3, 0.4) is 0 Å². The molecular weight excluding hydrogens is 2130 g/mol. The Hall–Kier alpha value is -9.04. The summed E-state index contributed by atoms with van der Waals surface area (Å²) in [6, 6.07) is 108. The molecule has 10 saturated heterocycles. The van der Waals surface area contributed by atoms with Gasteiger partial charge in [-0.05, 0) is 128 Å². The van der Waals surface area contributed by atoms with E-state index in [4.69, 9.17) is 111 Å². The first-order valence-electron chi connectivity index (χ1n) is 52.2. The Morgan fingerprint density at radius 1 is 0.140 bits per heavy atom. The average Bonchev–Trinajstić information content (AvgIpc) is 1.44. The van der Waals surface area contributed by atoms with Gasteiger partial charge in [-0.3, -0.25) is 0 Å². The minimum absolute atomic E-state index is 0. The molecule has 10 aliphatic rings. The zero-order valence-electron chi connectivity index (χ0n) is 87.3. The summed E-state index contributed by atoms with van der Waals surface area (Å²) < 4.78 is 49.4. The van der Waals surface area contributed by atoms with E-state index in [0.29, 0.717) is 39.3 Å². The fraction of sp³-hybridized carbons (Fsp3) is 0.410. The molecule has 22 rings (SSSR count). The number of nitrogens with zero attached hydrogens (tertiary/aromatic N) is 12. The molecule has 808 valence electrons. The quantitative estimate of drug-likeness (QED) is 0.0384. The Kier molecular flexibility index (Phi) is 73.9. The molecule has 12 aromatic carbocycles. The van der Waals surface area contributed by atoms with Gasteiger partial charge in [-0.15, -0.1) is 73.4 Å². The van der Waals surface area contributed by atoms with Crippen LogP contribution in [0.15, 0.2) is 328 Å². The van der Waals surface area contributed by atoms with E-state index in [1.165, 1.54) is 128 Å². The third-order valence-corrected chi connectivity index (χ3v) is 23.4. The van der Waals surface area contributed by atoms with Gasteiger partial charge in [0, 0.05) is 132 Å². The van der Waals surface area contributed by atoms with E-state index in [-0.39, 0.29) is 102 Å². The summed E-state index contributed by atoms with van der Waals surface area (Å²) in [5.41, 5.74) is 14.5. The van der Waals surface area contributed by atoms with Crippen molar-refractivity contribution in [3.8, 4) is 0 Å². The number of hydrogen-bond acceptors (Lipinski definition) is 10. The number of rotatable bonds is 30. The van der Waals surface area contributed by atoms with E-state index in [9.17, 15) is 0 Å². The van der Waals surface area contributed by atoms with E-state index in [1.807, 2.05) is 328 Å². The van der Waals surface area contributed by atoms with Crippen molar-refractivity contribution in [2.24, 2.45) is 10.8 Å². The Balaban J connectivity index is 0.000000348. The molecule has 28 heteroatoms. The first-order valence-corrected chi connectivity index (χ1v) is 52.2. The van der Waals surface area contributed by atoms with Crippen molar-refractivity contribution in [1.29, 1.82) is 0 Å². The Morgan fingerprint density at radius 2 is 0.233 bits per heavy atom. The largest absolute Gasteiger partial charge is 2.00 e. The van der Waals surface area contributed by atoms with Crippen LogP contribution in [-0.4, -0.2) is 171 Å². The smallest absolute Gasteiger partial charge is 0.685 e. The van der Waals surface area contributed by atoms with Gasteiger partial charge in [0.15, 0.2) is 0 Å². The predicted molar refractivity (Wildman–Crippen MR) is 597 cm³/mol. The van der Waals surface area contributed by atoms with Gasteiger partial charge in [0.1, 0.15) is 0 Å². The van der Waals surface area contributed by atoms with Crippen molar-refractivity contribution in [3.63, 3.8) is 0 Å². The molecule has 0 saturated carbocycles. The van der Waals surface area contributed by atoms with Gasteiger partial charge in [0.2, 0.25) is 0 Å². The molecular formula is C122H152Fe6N12O10. The van der Waals surface area contributed by atoms with Gasteiger partial charge in [-0.2, -0.15) is 68.2 Å². The first-order chi connectivity index (χ1) is 71.3. The summed E-state index contributed by atoms with van der Waals surface area (Å²) >= 11 is 0. The summed E-state index contributed by atoms with van der Waals surface area (Å²) in [6.45, 7) is 27.4. The van der Waals surface area contributed by atoms with Crippen molar-refractivity contribution >= 4 is 102 Å². The minimum Gasteiger partial charge on any atom is -0.685 e. The molecule has 0 bridgehead atoms. The molecule has 0 atom stereocenters. The summed E-state index contributed by atoms with van der Waals surface area (Å²) in [4.78, 5) is 0. The van der Waals surface area contributed by atoms with E-state index in [0.717, 1.165) is 235 Å². The van der Waals surface area contributed by atoms with Crippen LogP contribution in [0.1, 0.15) is 142 Å². The number of para-hydroxylation sites is 18. The summed E-state index contributed by atoms with van der Waals surface area (Å²) in [7, 11) is 0. The first kappa shape index (κ1) is 131. The summed E-state index contributed by atoms with van der Waals surface area (Å²) in [6.07, 6.45) is 25.6. The fourth-order valence-electron chi connectivity index (χ4n) is 15.1. The SMILES string of the molecule is C1CCOC1.C1CCOC1.C1CCOC1.C1CCOC1.C1CCOC1.C1CCOC1.C1CCOC1.C1CCOC1.C1CCOC1.C1CCOC1.CC(C[N-]c1ccccc1[N-]c1ccccc1)(C[N-]c1ccccc1[N-]c1ccccc1)C[N-]c1ccccc1[N-]c1ccccc1.CC(C[N-]c1ccccc1[N-]c1ccccc1)(C[N-]c1ccccc1[N-]c1ccccc1)C[N-]c1ccccc1[N-]c1ccccc1.[Fe+2].[Fe+2].[Fe+2].[Fe+2].[Fe+2].[Fe+2]. The topological polar surface area (TPSA) is 262 Å². The molecule has 150 heavy (non-hydrogen) atoms. The molecule has 0 aliphatic carbocycles. The van der Waals surface area contributed by atoms with E-state index in [2.05, 4.69) is 13.8 Å². The van der Waals surface area contributed by atoms with Crippen LogP contribution in [-0.2, 0) is 150 Å². The number of benzene rings is 12. The maximum atomic E-state index is 5.12. The zero-order chi connectivity index (χ0) is 99.7. The molecule has 10 heterocycles. The van der Waals surface area contributed by atoms with Crippen LogP contribution in [0.2, 0.25) is 0 Å². The molecule has 12 aromatic rings. The molecule has 0 N–H and O–H groups in total. The van der Waals surface area contributed by atoms with Crippen molar-refractivity contribution in [2.75, 3.05) is 171 Å². The molecule has 10 aliphatic heterocycles. The van der Waals surface area contributed by atoms with Crippen LogP contribution >= 0.6 is 0 Å². The normalized spacial score (nSPS) is 14.8. The van der Waals surface area contributed by atoms with Crippen LogP contribution in [0.25, 0.3) is 63.8 Å². The van der Waals surface area contributed by atoms with Gasteiger partial charge in [-0.1, -0.05) is 352 Å². The van der Waals surface area contributed by atoms with Crippen molar-refractivity contribution in [1.82, 2.24) is 0 Å². The van der Waals surface area contributed by atoms with Crippen molar-refractivity contribution in [2.45, 2.75) is 142 Å². The summed E-state index contributed by atoms with van der Waals surface area (Å²) in [5, 5.41) is 59.9. The van der Waals surface area contributed by atoms with E-state index < -0.39 is 10.8 Å². The molecule has 0 aromatic heterocycles. The second kappa shape index (κ2) is 84.4. The molecule has 0 unspecified atom stereocenters. The molecule has 0 radical (unpaired) electrons. The van der Waals surface area contributed by atoms with E-state index >= 15 is 0 Å². The average molecular weight is 2280 g/mol. The van der Waals surface area contributed by atoms with Gasteiger partial charge in [0.05, 0.1) is 0 Å². The van der Waals surface area contributed by atoms with Crippen LogP contribution in [0, 0.1) is 10.8 Å². The second-order valence-electron chi connectivity index (χ2n) is 36.3.